The van der Waals surface area contributed by atoms with Crippen molar-refractivity contribution < 1.29 is 22.7 Å². The quantitative estimate of drug-likeness (QED) is 0.868. The molecule has 0 atom stereocenters. The monoisotopic (exact) mass is 297 g/mol. The molecule has 20 heavy (non-hydrogen) atoms. The fraction of sp³-hybridized carbons (Fsp3) is 0.182. The second kappa shape index (κ2) is 4.93. The Hall–Kier alpha value is -2.42. The van der Waals surface area contributed by atoms with Gasteiger partial charge in [0.2, 0.25) is 0 Å². The minimum Gasteiger partial charge on any atom is -0.478 e. The maximum Gasteiger partial charge on any atom is 0.340 e. The summed E-state index contributed by atoms with van der Waals surface area (Å²) >= 11 is 0. The van der Waals surface area contributed by atoms with Gasteiger partial charge in [-0.3, -0.25) is 9.71 Å². The van der Waals surface area contributed by atoms with Crippen LogP contribution in [0.15, 0.2) is 27.9 Å². The summed E-state index contributed by atoms with van der Waals surface area (Å²) in [5, 5.41) is 9.11. The summed E-state index contributed by atoms with van der Waals surface area (Å²) in [5.74, 6) is -1.37. The number of nitrogens with zero attached hydrogens (tertiary/aromatic N) is 2. The van der Waals surface area contributed by atoms with Crippen LogP contribution >= 0.6 is 0 Å². The van der Waals surface area contributed by atoms with Gasteiger partial charge in [0.25, 0.3) is 10.0 Å². The van der Waals surface area contributed by atoms with Crippen molar-refractivity contribution in [3.05, 3.63) is 35.7 Å². The van der Waals surface area contributed by atoms with Gasteiger partial charge >= 0.3 is 5.97 Å². The maximum absolute atomic E-state index is 12.3. The molecule has 9 heteroatoms. The summed E-state index contributed by atoms with van der Waals surface area (Å²) in [6.45, 7) is 2.77. The van der Waals surface area contributed by atoms with Gasteiger partial charge in [-0.1, -0.05) is 0 Å². The van der Waals surface area contributed by atoms with E-state index in [-0.39, 0.29) is 22.9 Å². The molecule has 2 aromatic rings. The maximum atomic E-state index is 12.3. The Bertz CT molecular complexity index is 752. The number of aromatic nitrogens is 2. The van der Waals surface area contributed by atoms with Gasteiger partial charge in [0.05, 0.1) is 6.20 Å². The molecule has 0 aliphatic heterocycles. The highest BCUT2D eigenvalue weighted by atomic mass is 32.2. The number of hydrogen-bond acceptors (Lipinski definition) is 6. The molecule has 2 rings (SSSR count). The minimum absolute atomic E-state index is 0.00343. The predicted octanol–water partition coefficient (Wildman–Crippen LogP) is 1.19. The summed E-state index contributed by atoms with van der Waals surface area (Å²) in [7, 11) is -4.13. The average molecular weight is 297 g/mol. The van der Waals surface area contributed by atoms with Crippen LogP contribution in [-0.4, -0.2) is 29.5 Å². The van der Waals surface area contributed by atoms with Crippen molar-refractivity contribution in [2.75, 3.05) is 4.72 Å². The van der Waals surface area contributed by atoms with Gasteiger partial charge in [-0.05, 0) is 13.8 Å². The Morgan fingerprint density at radius 1 is 1.30 bits per heavy atom. The highest BCUT2D eigenvalue weighted by Gasteiger charge is 2.31. The first-order chi connectivity index (χ1) is 9.33. The van der Waals surface area contributed by atoms with Crippen LogP contribution in [0.3, 0.4) is 0 Å². The Morgan fingerprint density at radius 3 is 2.55 bits per heavy atom. The van der Waals surface area contributed by atoms with Crippen molar-refractivity contribution in [3.63, 3.8) is 0 Å². The van der Waals surface area contributed by atoms with E-state index in [1.165, 1.54) is 32.4 Å². The second-order valence-electron chi connectivity index (χ2n) is 3.92. The zero-order chi connectivity index (χ0) is 14.9. The molecule has 8 nitrogen and oxygen atoms in total. The van der Waals surface area contributed by atoms with E-state index in [0.717, 1.165) is 0 Å². The molecule has 0 unspecified atom stereocenters. The molecule has 0 radical (unpaired) electrons. The van der Waals surface area contributed by atoms with E-state index in [1.807, 2.05) is 0 Å². The Morgan fingerprint density at radius 2 is 2.00 bits per heavy atom. The summed E-state index contributed by atoms with van der Waals surface area (Å²) in [6.07, 6.45) is 3.90. The van der Waals surface area contributed by atoms with Crippen LogP contribution in [0.2, 0.25) is 0 Å². The van der Waals surface area contributed by atoms with Crippen molar-refractivity contribution in [3.8, 4) is 0 Å². The second-order valence-corrected chi connectivity index (χ2v) is 5.54. The summed E-state index contributed by atoms with van der Waals surface area (Å²) in [6, 6.07) is 0. The lowest BCUT2D eigenvalue weighted by molar-refractivity contribution is 0.0691. The minimum atomic E-state index is -4.13. The van der Waals surface area contributed by atoms with Crippen molar-refractivity contribution >= 4 is 21.8 Å². The number of sulfonamides is 1. The molecule has 0 amide bonds. The zero-order valence-corrected chi connectivity index (χ0v) is 11.4. The molecule has 0 aromatic carbocycles. The molecular formula is C11H11N3O5S. The lowest BCUT2D eigenvalue weighted by atomic mass is 10.2. The van der Waals surface area contributed by atoms with Crippen molar-refractivity contribution in [1.82, 2.24) is 9.97 Å². The van der Waals surface area contributed by atoms with Crippen molar-refractivity contribution in [1.29, 1.82) is 0 Å². The number of carbonyl (C=O) groups is 1. The molecule has 2 heterocycles. The molecule has 0 aliphatic carbocycles. The van der Waals surface area contributed by atoms with Crippen LogP contribution in [0.1, 0.15) is 21.9 Å². The molecular weight excluding hydrogens is 286 g/mol. The van der Waals surface area contributed by atoms with E-state index in [9.17, 15) is 13.2 Å². The lowest BCUT2D eigenvalue weighted by Gasteiger charge is -2.06. The van der Waals surface area contributed by atoms with E-state index < -0.39 is 20.9 Å². The predicted molar refractivity (Wildman–Crippen MR) is 68.0 cm³/mol. The number of nitrogens with one attached hydrogen (secondary N) is 1. The van der Waals surface area contributed by atoms with E-state index in [2.05, 4.69) is 14.7 Å². The molecule has 0 fully saturated rings. The lowest BCUT2D eigenvalue weighted by Crippen LogP contribution is -2.17. The fourth-order valence-corrected chi connectivity index (χ4v) is 3.18. The smallest absolute Gasteiger partial charge is 0.340 e. The number of hydrogen-bond donors (Lipinski definition) is 2. The number of aryl methyl sites for hydroxylation is 2. The average Bonchev–Trinajstić information content (AvgIpc) is 2.65. The van der Waals surface area contributed by atoms with Gasteiger partial charge in [-0.25, -0.2) is 18.2 Å². The Labute approximate surface area is 114 Å². The third kappa shape index (κ3) is 2.48. The van der Waals surface area contributed by atoms with E-state index >= 15 is 0 Å². The van der Waals surface area contributed by atoms with Gasteiger partial charge in [-0.15, -0.1) is 0 Å². The Balaban J connectivity index is 2.53. The number of aromatic carboxylic acids is 1. The number of furan rings is 1. The number of carboxylic acid groups (broad SMARTS) is 1. The first kappa shape index (κ1) is 14.0. The van der Waals surface area contributed by atoms with Gasteiger partial charge in [0.1, 0.15) is 22.0 Å². The standard InChI is InChI=1S/C11H11N3O5S/c1-6-9(11(15)16)10(7(2)19-6)20(17,18)14-8-5-12-3-4-13-8/h3-5H,1-2H3,(H,13,14)(H,15,16). The summed E-state index contributed by atoms with van der Waals surface area (Å²) < 4.78 is 31.8. The van der Waals surface area contributed by atoms with Crippen LogP contribution in [0.25, 0.3) is 0 Å². The van der Waals surface area contributed by atoms with Crippen LogP contribution in [0.4, 0.5) is 5.82 Å². The van der Waals surface area contributed by atoms with Gasteiger partial charge < -0.3 is 9.52 Å². The Kier molecular flexibility index (Phi) is 3.45. The summed E-state index contributed by atoms with van der Waals surface area (Å²) in [4.78, 5) is 18.3. The number of anilines is 1. The first-order valence-corrected chi connectivity index (χ1v) is 6.93. The van der Waals surface area contributed by atoms with Crippen molar-refractivity contribution in [2.24, 2.45) is 0 Å². The van der Waals surface area contributed by atoms with E-state index in [4.69, 9.17) is 9.52 Å². The highest BCUT2D eigenvalue weighted by molar-refractivity contribution is 7.92. The SMILES string of the molecule is Cc1oc(C)c(S(=O)(=O)Nc2cnccn2)c1C(=O)O. The molecule has 0 aliphatic rings. The molecule has 2 aromatic heterocycles. The molecule has 0 bridgehead atoms. The fourth-order valence-electron chi connectivity index (χ4n) is 1.77. The van der Waals surface area contributed by atoms with Crippen LogP contribution in [0, 0.1) is 13.8 Å². The number of rotatable bonds is 4. The van der Waals surface area contributed by atoms with E-state index in [1.54, 1.807) is 0 Å². The van der Waals surface area contributed by atoms with Crippen LogP contribution in [-0.2, 0) is 10.0 Å². The van der Waals surface area contributed by atoms with Crippen LogP contribution < -0.4 is 4.72 Å². The molecule has 2 N–H and O–H groups in total. The molecule has 0 saturated heterocycles. The van der Waals surface area contributed by atoms with Gasteiger partial charge in [0.15, 0.2) is 5.82 Å². The van der Waals surface area contributed by atoms with Gasteiger partial charge in [0, 0.05) is 12.4 Å². The van der Waals surface area contributed by atoms with Crippen LogP contribution in [0.5, 0.6) is 0 Å². The van der Waals surface area contributed by atoms with Crippen molar-refractivity contribution in [2.45, 2.75) is 18.7 Å². The third-order valence-electron chi connectivity index (χ3n) is 2.49. The third-order valence-corrected chi connectivity index (χ3v) is 4.00. The largest absolute Gasteiger partial charge is 0.478 e. The van der Waals surface area contributed by atoms with Gasteiger partial charge in [-0.2, -0.15) is 0 Å². The molecule has 0 spiro atoms. The number of carboxylic acids is 1. The molecule has 0 saturated carbocycles. The normalized spacial score (nSPS) is 11.3. The molecule has 106 valence electrons. The highest BCUT2D eigenvalue weighted by Crippen LogP contribution is 2.27. The zero-order valence-electron chi connectivity index (χ0n) is 10.6. The first-order valence-electron chi connectivity index (χ1n) is 5.45. The summed E-state index contributed by atoms with van der Waals surface area (Å²) in [5.41, 5.74) is -0.390. The topological polar surface area (TPSA) is 122 Å². The van der Waals surface area contributed by atoms with E-state index in [0.29, 0.717) is 0 Å².